The molecule has 1 fully saturated rings. The van der Waals surface area contributed by atoms with Gasteiger partial charge in [0.25, 0.3) is 0 Å². The number of hydrogen-bond donors (Lipinski definition) is 2. The first-order valence-corrected chi connectivity index (χ1v) is 8.59. The van der Waals surface area contributed by atoms with Gasteiger partial charge in [-0.25, -0.2) is 13.1 Å². The van der Waals surface area contributed by atoms with Crippen LogP contribution in [0.2, 0.25) is 0 Å². The van der Waals surface area contributed by atoms with Gasteiger partial charge in [0.15, 0.2) is 0 Å². The van der Waals surface area contributed by atoms with Crippen molar-refractivity contribution in [2.24, 2.45) is 5.73 Å². The third-order valence-corrected chi connectivity index (χ3v) is 4.50. The number of nitrogens with zero attached hydrogens (tertiary/aromatic N) is 1. The Kier molecular flexibility index (Phi) is 6.87. The summed E-state index contributed by atoms with van der Waals surface area (Å²) < 4.78 is 30.9. The van der Waals surface area contributed by atoms with Crippen LogP contribution in [0.3, 0.4) is 0 Å². The third kappa shape index (κ3) is 5.74. The van der Waals surface area contributed by atoms with Crippen molar-refractivity contribution >= 4 is 15.9 Å². The molecular weight excluding hydrogens is 282 g/mol. The Balaban J connectivity index is 2.36. The molecule has 1 heterocycles. The second-order valence-electron chi connectivity index (χ2n) is 5.18. The Bertz CT molecular complexity index is 411. The molecule has 20 heavy (non-hydrogen) atoms. The van der Waals surface area contributed by atoms with Gasteiger partial charge in [-0.1, -0.05) is 0 Å². The molecule has 0 aromatic carbocycles. The van der Waals surface area contributed by atoms with Gasteiger partial charge in [0.1, 0.15) is 0 Å². The van der Waals surface area contributed by atoms with E-state index in [2.05, 4.69) is 4.72 Å². The zero-order valence-electron chi connectivity index (χ0n) is 12.2. The predicted molar refractivity (Wildman–Crippen MR) is 76.7 cm³/mol. The van der Waals surface area contributed by atoms with Crippen molar-refractivity contribution in [3.05, 3.63) is 0 Å². The molecule has 0 aromatic heterocycles. The molecule has 118 valence electrons. The lowest BCUT2D eigenvalue weighted by molar-refractivity contribution is -0.130. The molecule has 0 aliphatic carbocycles. The Morgan fingerprint density at radius 3 is 2.80 bits per heavy atom. The van der Waals surface area contributed by atoms with Crippen LogP contribution >= 0.6 is 0 Å². The van der Waals surface area contributed by atoms with Gasteiger partial charge in [0, 0.05) is 19.1 Å². The summed E-state index contributed by atoms with van der Waals surface area (Å²) in [6, 6.07) is 0.0382. The molecule has 0 saturated carbocycles. The maximum Gasteiger partial charge on any atom is 0.237 e. The van der Waals surface area contributed by atoms with Crippen molar-refractivity contribution in [3.8, 4) is 0 Å². The molecular formula is C12H25N3O4S. The zero-order chi connectivity index (χ0) is 15.2. The molecule has 1 amide bonds. The summed E-state index contributed by atoms with van der Waals surface area (Å²) >= 11 is 0. The van der Waals surface area contributed by atoms with E-state index >= 15 is 0 Å². The van der Waals surface area contributed by atoms with Crippen molar-refractivity contribution in [2.45, 2.75) is 38.8 Å². The second-order valence-corrected chi connectivity index (χ2v) is 7.10. The molecule has 1 aliphatic rings. The quantitative estimate of drug-likeness (QED) is 0.616. The lowest BCUT2D eigenvalue weighted by Crippen LogP contribution is -2.45. The van der Waals surface area contributed by atoms with Gasteiger partial charge in [0.05, 0.1) is 25.0 Å². The number of carbonyl (C=O) groups excluding carboxylic acids is 1. The number of nitrogens with two attached hydrogens (primary N) is 1. The van der Waals surface area contributed by atoms with Crippen LogP contribution in [-0.2, 0) is 19.6 Å². The number of hydrogen-bond acceptors (Lipinski definition) is 5. The molecule has 1 atom stereocenters. The first-order valence-electron chi connectivity index (χ1n) is 6.94. The van der Waals surface area contributed by atoms with E-state index in [9.17, 15) is 13.2 Å². The number of carbonyl (C=O) groups is 1. The molecule has 8 heteroatoms. The Hall–Kier alpha value is -0.700. The summed E-state index contributed by atoms with van der Waals surface area (Å²) in [5.74, 6) is -0.356. The van der Waals surface area contributed by atoms with E-state index in [1.54, 1.807) is 4.90 Å². The standard InChI is InChI=1S/C12H25N3O4S/c1-10(2)19-6-7-20(17,18)14-9-12(16)15-5-3-4-11(15)8-13/h10-11,14H,3-9,13H2,1-2H3. The minimum atomic E-state index is -3.48. The van der Waals surface area contributed by atoms with Crippen LogP contribution in [-0.4, -0.2) is 63.4 Å². The van der Waals surface area contributed by atoms with Crippen molar-refractivity contribution in [1.82, 2.24) is 9.62 Å². The summed E-state index contributed by atoms with van der Waals surface area (Å²) in [6.45, 7) is 4.66. The van der Waals surface area contributed by atoms with E-state index in [0.29, 0.717) is 13.1 Å². The average Bonchev–Trinajstić information content (AvgIpc) is 2.83. The fourth-order valence-electron chi connectivity index (χ4n) is 2.15. The molecule has 1 rings (SSSR count). The first-order chi connectivity index (χ1) is 9.35. The summed E-state index contributed by atoms with van der Waals surface area (Å²) in [6.07, 6.45) is 1.79. The molecule has 1 saturated heterocycles. The second kappa shape index (κ2) is 7.92. The number of amides is 1. The van der Waals surface area contributed by atoms with E-state index < -0.39 is 10.0 Å². The van der Waals surface area contributed by atoms with Gasteiger partial charge in [-0.3, -0.25) is 4.79 Å². The largest absolute Gasteiger partial charge is 0.378 e. The van der Waals surface area contributed by atoms with Crippen LogP contribution in [0.25, 0.3) is 0 Å². The smallest absolute Gasteiger partial charge is 0.237 e. The SMILES string of the molecule is CC(C)OCCS(=O)(=O)NCC(=O)N1CCCC1CN. The van der Waals surface area contributed by atoms with Crippen LogP contribution in [0.1, 0.15) is 26.7 Å². The highest BCUT2D eigenvalue weighted by Gasteiger charge is 2.27. The predicted octanol–water partition coefficient (Wildman–Crippen LogP) is -0.719. The fourth-order valence-corrected chi connectivity index (χ4v) is 2.95. The van der Waals surface area contributed by atoms with E-state index in [1.165, 1.54) is 0 Å². The van der Waals surface area contributed by atoms with Crippen molar-refractivity contribution < 1.29 is 17.9 Å². The van der Waals surface area contributed by atoms with Crippen molar-refractivity contribution in [3.63, 3.8) is 0 Å². The fraction of sp³-hybridized carbons (Fsp3) is 0.917. The maximum absolute atomic E-state index is 12.0. The highest BCUT2D eigenvalue weighted by atomic mass is 32.2. The van der Waals surface area contributed by atoms with Gasteiger partial charge < -0.3 is 15.4 Å². The van der Waals surface area contributed by atoms with E-state index in [1.807, 2.05) is 13.8 Å². The van der Waals surface area contributed by atoms with Gasteiger partial charge in [-0.05, 0) is 26.7 Å². The molecule has 3 N–H and O–H groups in total. The average molecular weight is 307 g/mol. The zero-order valence-corrected chi connectivity index (χ0v) is 13.0. The summed E-state index contributed by atoms with van der Waals surface area (Å²) in [7, 11) is -3.48. The normalized spacial score (nSPS) is 19.8. The topological polar surface area (TPSA) is 102 Å². The summed E-state index contributed by atoms with van der Waals surface area (Å²) in [4.78, 5) is 13.6. The third-order valence-electron chi connectivity index (χ3n) is 3.22. The molecule has 1 unspecified atom stereocenters. The highest BCUT2D eigenvalue weighted by Crippen LogP contribution is 2.15. The lowest BCUT2D eigenvalue weighted by Gasteiger charge is -2.23. The van der Waals surface area contributed by atoms with Crippen LogP contribution in [0.15, 0.2) is 0 Å². The minimum Gasteiger partial charge on any atom is -0.378 e. The molecule has 0 radical (unpaired) electrons. The van der Waals surface area contributed by atoms with Gasteiger partial charge in [0.2, 0.25) is 15.9 Å². The number of rotatable bonds is 8. The number of likely N-dealkylation sites (tertiary alicyclic amines) is 1. The summed E-state index contributed by atoms with van der Waals surface area (Å²) in [5, 5.41) is 0. The lowest BCUT2D eigenvalue weighted by atomic mass is 10.2. The van der Waals surface area contributed by atoms with E-state index in [4.69, 9.17) is 10.5 Å². The minimum absolute atomic E-state index is 0.0123. The van der Waals surface area contributed by atoms with Crippen LogP contribution in [0.5, 0.6) is 0 Å². The number of nitrogens with one attached hydrogen (secondary N) is 1. The molecule has 7 nitrogen and oxygen atoms in total. The van der Waals surface area contributed by atoms with Gasteiger partial charge in [-0.2, -0.15) is 0 Å². The Morgan fingerprint density at radius 1 is 1.50 bits per heavy atom. The number of ether oxygens (including phenoxy) is 1. The highest BCUT2D eigenvalue weighted by molar-refractivity contribution is 7.89. The monoisotopic (exact) mass is 307 g/mol. The molecule has 0 aromatic rings. The summed E-state index contributed by atoms with van der Waals surface area (Å²) in [5.41, 5.74) is 5.59. The molecule has 0 bridgehead atoms. The molecule has 1 aliphatic heterocycles. The van der Waals surface area contributed by atoms with Crippen LogP contribution in [0.4, 0.5) is 0 Å². The maximum atomic E-state index is 12.0. The van der Waals surface area contributed by atoms with Gasteiger partial charge >= 0.3 is 0 Å². The number of sulfonamides is 1. The van der Waals surface area contributed by atoms with Crippen LogP contribution < -0.4 is 10.5 Å². The molecule has 0 spiro atoms. The van der Waals surface area contributed by atoms with E-state index in [-0.39, 0.29) is 37.0 Å². The van der Waals surface area contributed by atoms with E-state index in [0.717, 1.165) is 12.8 Å². The van der Waals surface area contributed by atoms with Crippen LogP contribution in [0, 0.1) is 0 Å². The Labute approximate surface area is 120 Å². The Morgan fingerprint density at radius 2 is 2.20 bits per heavy atom. The van der Waals surface area contributed by atoms with Crippen molar-refractivity contribution in [2.75, 3.05) is 32.0 Å². The van der Waals surface area contributed by atoms with Gasteiger partial charge in [-0.15, -0.1) is 0 Å². The first kappa shape index (κ1) is 17.4. The van der Waals surface area contributed by atoms with Crippen molar-refractivity contribution in [1.29, 1.82) is 0 Å².